The molecule has 0 unspecified atom stereocenters. The Morgan fingerprint density at radius 1 is 1.12 bits per heavy atom. The van der Waals surface area contributed by atoms with Crippen molar-refractivity contribution in [3.8, 4) is 11.8 Å². The van der Waals surface area contributed by atoms with Crippen LogP contribution in [0.25, 0.3) is 0 Å². The van der Waals surface area contributed by atoms with Gasteiger partial charge in [-0.3, -0.25) is 4.79 Å². The molecule has 0 radical (unpaired) electrons. The van der Waals surface area contributed by atoms with Gasteiger partial charge in [-0.15, -0.1) is 0 Å². The Bertz CT molecular complexity index is 855. The van der Waals surface area contributed by atoms with Gasteiger partial charge in [0.1, 0.15) is 17.4 Å². The van der Waals surface area contributed by atoms with Crippen LogP contribution in [0.5, 0.6) is 5.75 Å². The molecular weight excluding hydrogens is 335 g/mol. The normalized spacial score (nSPS) is 11.5. The lowest BCUT2D eigenvalue weighted by Gasteiger charge is -2.09. The average molecular weight is 347 g/mol. The molecule has 2 rings (SSSR count). The molecule has 0 aliphatic rings. The maximum atomic E-state index is 12.7. The number of nitrogens with one attached hydrogen (secondary N) is 2. The lowest BCUT2D eigenvalue weighted by Crippen LogP contribution is -2.14. The molecule has 0 bridgehead atoms. The molecule has 0 atom stereocenters. The van der Waals surface area contributed by atoms with Crippen molar-refractivity contribution in [1.29, 1.82) is 5.26 Å². The third-order valence-corrected chi connectivity index (χ3v) is 3.04. The summed E-state index contributed by atoms with van der Waals surface area (Å²) in [7, 11) is 0. The van der Waals surface area contributed by atoms with Crippen molar-refractivity contribution in [3.05, 3.63) is 65.9 Å². The van der Waals surface area contributed by atoms with E-state index in [2.05, 4.69) is 10.6 Å². The zero-order valence-electron chi connectivity index (χ0n) is 12.6. The number of rotatable bonds is 4. The minimum absolute atomic E-state index is 0.0672. The quantitative estimate of drug-likeness (QED) is 0.579. The Morgan fingerprint density at radius 3 is 2.44 bits per heavy atom. The first kappa shape index (κ1) is 17.9. The molecule has 2 aromatic carbocycles. The van der Waals surface area contributed by atoms with Gasteiger partial charge < -0.3 is 15.7 Å². The van der Waals surface area contributed by atoms with Gasteiger partial charge in [-0.2, -0.15) is 18.4 Å². The van der Waals surface area contributed by atoms with Gasteiger partial charge in [0.25, 0.3) is 5.91 Å². The second-order valence-electron chi connectivity index (χ2n) is 4.90. The van der Waals surface area contributed by atoms with Crippen LogP contribution in [0.2, 0.25) is 0 Å². The fourth-order valence-corrected chi connectivity index (χ4v) is 1.87. The first-order valence-electron chi connectivity index (χ1n) is 6.94. The summed E-state index contributed by atoms with van der Waals surface area (Å²) in [5, 5.41) is 23.3. The average Bonchev–Trinajstić information content (AvgIpc) is 2.55. The number of hydrogen-bond acceptors (Lipinski definition) is 4. The minimum Gasteiger partial charge on any atom is -0.508 e. The van der Waals surface area contributed by atoms with E-state index in [1.807, 2.05) is 0 Å². The first-order chi connectivity index (χ1) is 11.8. The monoisotopic (exact) mass is 347 g/mol. The van der Waals surface area contributed by atoms with Crippen LogP contribution in [-0.2, 0) is 11.0 Å². The summed E-state index contributed by atoms with van der Waals surface area (Å²) in [4.78, 5) is 12.0. The van der Waals surface area contributed by atoms with E-state index in [0.717, 1.165) is 18.3 Å². The third-order valence-electron chi connectivity index (χ3n) is 3.04. The number of phenolic OH excluding ortho intramolecular Hbond substituents is 1. The summed E-state index contributed by atoms with van der Waals surface area (Å²) < 4.78 is 38.0. The summed E-state index contributed by atoms with van der Waals surface area (Å²) >= 11 is 0. The van der Waals surface area contributed by atoms with E-state index in [9.17, 15) is 23.1 Å². The molecule has 3 N–H and O–H groups in total. The van der Waals surface area contributed by atoms with Crippen LogP contribution < -0.4 is 10.6 Å². The number of aromatic hydroxyl groups is 1. The van der Waals surface area contributed by atoms with Crippen molar-refractivity contribution in [2.45, 2.75) is 6.18 Å². The number of hydrogen-bond donors (Lipinski definition) is 3. The first-order valence-corrected chi connectivity index (χ1v) is 6.94. The van der Waals surface area contributed by atoms with Crippen LogP contribution in [0.15, 0.2) is 60.3 Å². The third kappa shape index (κ3) is 5.00. The molecule has 0 fully saturated rings. The molecule has 25 heavy (non-hydrogen) atoms. The van der Waals surface area contributed by atoms with Gasteiger partial charge >= 0.3 is 6.18 Å². The molecule has 0 saturated heterocycles. The Kier molecular flexibility index (Phi) is 5.29. The molecule has 8 heteroatoms. The summed E-state index contributed by atoms with van der Waals surface area (Å²) in [6, 6.07) is 11.7. The summed E-state index contributed by atoms with van der Waals surface area (Å²) in [6.45, 7) is 0. The molecule has 0 aliphatic heterocycles. The SMILES string of the molecule is N#C/C(=C/Nc1cccc(C(F)(F)F)c1)C(=O)Nc1cccc(O)c1. The van der Waals surface area contributed by atoms with E-state index < -0.39 is 17.6 Å². The zero-order valence-corrected chi connectivity index (χ0v) is 12.6. The number of nitriles is 1. The summed E-state index contributed by atoms with van der Waals surface area (Å²) in [6.07, 6.45) is -3.49. The van der Waals surface area contributed by atoms with Crippen LogP contribution in [-0.4, -0.2) is 11.0 Å². The van der Waals surface area contributed by atoms with Crippen molar-refractivity contribution in [3.63, 3.8) is 0 Å². The predicted molar refractivity (Wildman–Crippen MR) is 85.5 cm³/mol. The molecule has 2 aromatic rings. The zero-order chi connectivity index (χ0) is 18.4. The van der Waals surface area contributed by atoms with E-state index in [4.69, 9.17) is 5.26 Å². The van der Waals surface area contributed by atoms with Crippen molar-refractivity contribution < 1.29 is 23.1 Å². The number of carbonyl (C=O) groups is 1. The van der Waals surface area contributed by atoms with Gasteiger partial charge in [0.05, 0.1) is 5.56 Å². The standard InChI is InChI=1S/C17H12F3N3O2/c18-17(19,20)12-3-1-4-13(7-12)22-10-11(9-21)16(25)23-14-5-2-6-15(24)8-14/h1-8,10,22,24H,(H,23,25)/b11-10-. The number of halogens is 3. The highest BCUT2D eigenvalue weighted by molar-refractivity contribution is 6.06. The summed E-state index contributed by atoms with van der Waals surface area (Å²) in [5.41, 5.74) is -0.854. The van der Waals surface area contributed by atoms with Crippen molar-refractivity contribution in [2.24, 2.45) is 0 Å². The fourth-order valence-electron chi connectivity index (χ4n) is 1.87. The van der Waals surface area contributed by atoms with Crippen molar-refractivity contribution >= 4 is 17.3 Å². The molecular formula is C17H12F3N3O2. The lowest BCUT2D eigenvalue weighted by molar-refractivity contribution is -0.137. The second kappa shape index (κ2) is 7.40. The molecule has 0 aromatic heterocycles. The number of anilines is 2. The van der Waals surface area contributed by atoms with Gasteiger partial charge in [-0.1, -0.05) is 12.1 Å². The Morgan fingerprint density at radius 2 is 1.80 bits per heavy atom. The van der Waals surface area contributed by atoms with Gasteiger partial charge in [-0.05, 0) is 30.3 Å². The molecule has 1 amide bonds. The van der Waals surface area contributed by atoms with Crippen molar-refractivity contribution in [2.75, 3.05) is 10.6 Å². The molecule has 128 valence electrons. The van der Waals surface area contributed by atoms with Gasteiger partial charge in [0.2, 0.25) is 0 Å². The maximum Gasteiger partial charge on any atom is 0.416 e. The molecule has 0 aliphatic carbocycles. The topological polar surface area (TPSA) is 85.2 Å². The molecule has 5 nitrogen and oxygen atoms in total. The van der Waals surface area contributed by atoms with Crippen LogP contribution in [0.1, 0.15) is 5.56 Å². The number of carbonyl (C=O) groups excluding carboxylic acids is 1. The minimum atomic E-state index is -4.49. The highest BCUT2D eigenvalue weighted by Gasteiger charge is 2.30. The van der Waals surface area contributed by atoms with Crippen LogP contribution >= 0.6 is 0 Å². The number of alkyl halides is 3. The van der Waals surface area contributed by atoms with E-state index in [1.54, 1.807) is 6.07 Å². The maximum absolute atomic E-state index is 12.7. The molecule has 0 spiro atoms. The van der Waals surface area contributed by atoms with Crippen LogP contribution in [0.3, 0.4) is 0 Å². The smallest absolute Gasteiger partial charge is 0.416 e. The Hall–Kier alpha value is -3.47. The fraction of sp³-hybridized carbons (Fsp3) is 0.0588. The Balaban J connectivity index is 2.12. The van der Waals surface area contributed by atoms with Crippen LogP contribution in [0, 0.1) is 11.3 Å². The van der Waals surface area contributed by atoms with Gasteiger partial charge in [0, 0.05) is 23.6 Å². The molecule has 0 heterocycles. The largest absolute Gasteiger partial charge is 0.508 e. The van der Waals surface area contributed by atoms with E-state index in [1.165, 1.54) is 36.4 Å². The Labute approximate surface area is 141 Å². The highest BCUT2D eigenvalue weighted by atomic mass is 19.4. The number of benzene rings is 2. The molecule has 0 saturated carbocycles. The number of phenols is 1. The summed E-state index contributed by atoms with van der Waals surface area (Å²) in [5.74, 6) is -0.838. The van der Waals surface area contributed by atoms with E-state index >= 15 is 0 Å². The van der Waals surface area contributed by atoms with Crippen LogP contribution in [0.4, 0.5) is 24.5 Å². The lowest BCUT2D eigenvalue weighted by atomic mass is 10.2. The van der Waals surface area contributed by atoms with Gasteiger partial charge in [-0.25, -0.2) is 0 Å². The van der Waals surface area contributed by atoms with Gasteiger partial charge in [0.15, 0.2) is 0 Å². The number of nitrogens with zero attached hydrogens (tertiary/aromatic N) is 1. The number of amides is 1. The van der Waals surface area contributed by atoms with E-state index in [0.29, 0.717) is 0 Å². The highest BCUT2D eigenvalue weighted by Crippen LogP contribution is 2.30. The second-order valence-corrected chi connectivity index (χ2v) is 4.90. The predicted octanol–water partition coefficient (Wildman–Crippen LogP) is 3.87. The van der Waals surface area contributed by atoms with Crippen molar-refractivity contribution in [1.82, 2.24) is 0 Å². The van der Waals surface area contributed by atoms with E-state index in [-0.39, 0.29) is 22.7 Å².